The van der Waals surface area contributed by atoms with Crippen LogP contribution in [0.3, 0.4) is 0 Å². The molecule has 3 rings (SSSR count). The number of hydrogen-bond donors (Lipinski definition) is 1. The molecular formula is C17H12Cl3N3O2. The van der Waals surface area contributed by atoms with Crippen LogP contribution in [0.15, 0.2) is 41.2 Å². The highest BCUT2D eigenvalue weighted by Gasteiger charge is 2.19. The van der Waals surface area contributed by atoms with E-state index in [1.165, 1.54) is 6.07 Å². The normalized spacial score (nSPS) is 10.9. The summed E-state index contributed by atoms with van der Waals surface area (Å²) in [6.07, 6.45) is 0. The van der Waals surface area contributed by atoms with Gasteiger partial charge in [0.15, 0.2) is 5.69 Å². The van der Waals surface area contributed by atoms with Gasteiger partial charge in [-0.3, -0.25) is 14.3 Å². The second-order valence-electron chi connectivity index (χ2n) is 5.21. The molecular weight excluding hydrogens is 385 g/mol. The Morgan fingerprint density at radius 1 is 1.20 bits per heavy atom. The van der Waals surface area contributed by atoms with Gasteiger partial charge in [-0.25, -0.2) is 0 Å². The number of halogens is 3. The number of amides is 1. The van der Waals surface area contributed by atoms with Gasteiger partial charge in [-0.1, -0.05) is 40.9 Å². The summed E-state index contributed by atoms with van der Waals surface area (Å²) in [7, 11) is 0. The van der Waals surface area contributed by atoms with Gasteiger partial charge in [-0.05, 0) is 37.3 Å². The van der Waals surface area contributed by atoms with Crippen LogP contribution in [0.2, 0.25) is 15.1 Å². The molecule has 128 valence electrons. The quantitative estimate of drug-likeness (QED) is 0.702. The third-order valence-corrected chi connectivity index (χ3v) is 4.69. The zero-order valence-electron chi connectivity index (χ0n) is 13.0. The topological polar surface area (TPSA) is 64.0 Å². The first kappa shape index (κ1) is 17.7. The SMILES string of the molecule is CCn1nc(C(=O)Nc2cccc(Cl)c2Cl)c(=O)c2cc(Cl)ccc21. The number of fused-ring (bicyclic) bond motifs is 1. The summed E-state index contributed by atoms with van der Waals surface area (Å²) in [6.45, 7) is 2.34. The standard InChI is InChI=1S/C17H12Cl3N3O2/c1-2-23-13-7-6-9(18)8-10(13)16(24)15(22-23)17(25)21-12-5-3-4-11(19)14(12)20/h3-8H,2H2,1H3,(H,21,25). The Morgan fingerprint density at radius 3 is 2.68 bits per heavy atom. The van der Waals surface area contributed by atoms with Crippen molar-refractivity contribution in [2.45, 2.75) is 13.5 Å². The number of aryl methyl sites for hydroxylation is 1. The zero-order valence-corrected chi connectivity index (χ0v) is 15.3. The van der Waals surface area contributed by atoms with Crippen molar-refractivity contribution in [2.24, 2.45) is 0 Å². The van der Waals surface area contributed by atoms with E-state index in [9.17, 15) is 9.59 Å². The molecule has 3 aromatic rings. The smallest absolute Gasteiger partial charge is 0.280 e. The molecule has 0 saturated carbocycles. The maximum atomic E-state index is 12.7. The van der Waals surface area contributed by atoms with E-state index >= 15 is 0 Å². The number of aromatic nitrogens is 2. The number of benzene rings is 2. The van der Waals surface area contributed by atoms with Gasteiger partial charge in [0.05, 0.1) is 26.6 Å². The highest BCUT2D eigenvalue weighted by molar-refractivity contribution is 6.44. The molecule has 0 aliphatic rings. The molecule has 0 aliphatic heterocycles. The molecule has 1 amide bonds. The highest BCUT2D eigenvalue weighted by atomic mass is 35.5. The molecule has 0 saturated heterocycles. The van der Waals surface area contributed by atoms with E-state index in [1.54, 1.807) is 35.0 Å². The van der Waals surface area contributed by atoms with Crippen LogP contribution in [0, 0.1) is 0 Å². The molecule has 5 nitrogen and oxygen atoms in total. The van der Waals surface area contributed by atoms with Crippen molar-refractivity contribution in [3.63, 3.8) is 0 Å². The predicted molar refractivity (Wildman–Crippen MR) is 101 cm³/mol. The van der Waals surface area contributed by atoms with Crippen LogP contribution in [0.1, 0.15) is 17.4 Å². The fraction of sp³-hybridized carbons (Fsp3) is 0.118. The van der Waals surface area contributed by atoms with E-state index in [4.69, 9.17) is 34.8 Å². The number of carbonyl (C=O) groups is 1. The van der Waals surface area contributed by atoms with E-state index in [1.807, 2.05) is 6.92 Å². The van der Waals surface area contributed by atoms with Gasteiger partial charge in [0.1, 0.15) is 0 Å². The molecule has 1 N–H and O–H groups in total. The van der Waals surface area contributed by atoms with Crippen molar-refractivity contribution in [1.29, 1.82) is 0 Å². The summed E-state index contributed by atoms with van der Waals surface area (Å²) in [5.74, 6) is -0.668. The maximum Gasteiger partial charge on any atom is 0.280 e. The Labute approximate surface area is 158 Å². The van der Waals surface area contributed by atoms with Crippen LogP contribution < -0.4 is 10.7 Å². The number of nitrogens with one attached hydrogen (secondary N) is 1. The van der Waals surface area contributed by atoms with Gasteiger partial charge in [0.2, 0.25) is 5.43 Å². The Balaban J connectivity index is 2.11. The molecule has 25 heavy (non-hydrogen) atoms. The van der Waals surface area contributed by atoms with Gasteiger partial charge >= 0.3 is 0 Å². The first-order chi connectivity index (χ1) is 11.9. The molecule has 0 fully saturated rings. The van der Waals surface area contributed by atoms with E-state index < -0.39 is 11.3 Å². The Hall–Kier alpha value is -2.08. The third-order valence-electron chi connectivity index (χ3n) is 3.63. The lowest BCUT2D eigenvalue weighted by Gasteiger charge is -2.11. The van der Waals surface area contributed by atoms with E-state index in [0.29, 0.717) is 33.2 Å². The van der Waals surface area contributed by atoms with Crippen LogP contribution in [0.4, 0.5) is 5.69 Å². The molecule has 0 radical (unpaired) electrons. The van der Waals surface area contributed by atoms with Gasteiger partial charge in [-0.15, -0.1) is 0 Å². The zero-order chi connectivity index (χ0) is 18.1. The molecule has 2 aromatic carbocycles. The second kappa shape index (κ2) is 7.04. The van der Waals surface area contributed by atoms with Crippen LogP contribution in [-0.2, 0) is 6.54 Å². The Bertz CT molecular complexity index is 1050. The van der Waals surface area contributed by atoms with Crippen LogP contribution in [0.5, 0.6) is 0 Å². The minimum absolute atomic E-state index is 0.192. The minimum Gasteiger partial charge on any atom is -0.319 e. The fourth-order valence-electron chi connectivity index (χ4n) is 2.43. The maximum absolute atomic E-state index is 12.7. The molecule has 1 aromatic heterocycles. The number of rotatable bonds is 3. The predicted octanol–water partition coefficient (Wildman–Crippen LogP) is 4.63. The van der Waals surface area contributed by atoms with Gasteiger partial charge in [-0.2, -0.15) is 5.10 Å². The van der Waals surface area contributed by atoms with Crippen LogP contribution in [0.25, 0.3) is 10.9 Å². The van der Waals surface area contributed by atoms with Crippen molar-refractivity contribution < 1.29 is 4.79 Å². The molecule has 0 atom stereocenters. The van der Waals surface area contributed by atoms with Crippen molar-refractivity contribution >= 4 is 57.3 Å². The number of carbonyl (C=O) groups excluding carboxylic acids is 1. The molecule has 1 heterocycles. The average Bonchev–Trinajstić information content (AvgIpc) is 2.59. The summed E-state index contributed by atoms with van der Waals surface area (Å²) < 4.78 is 1.57. The third kappa shape index (κ3) is 3.35. The monoisotopic (exact) mass is 395 g/mol. The van der Waals surface area contributed by atoms with Gasteiger partial charge < -0.3 is 5.32 Å². The Morgan fingerprint density at radius 2 is 1.96 bits per heavy atom. The van der Waals surface area contributed by atoms with Gasteiger partial charge in [0, 0.05) is 11.6 Å². The molecule has 0 spiro atoms. The summed E-state index contributed by atoms with van der Waals surface area (Å²) in [6, 6.07) is 9.72. The van der Waals surface area contributed by atoms with Crippen molar-refractivity contribution in [2.75, 3.05) is 5.32 Å². The lowest BCUT2D eigenvalue weighted by molar-refractivity contribution is 0.101. The fourth-order valence-corrected chi connectivity index (χ4v) is 2.95. The van der Waals surface area contributed by atoms with E-state index in [-0.39, 0.29) is 10.7 Å². The lowest BCUT2D eigenvalue weighted by Crippen LogP contribution is -2.27. The largest absolute Gasteiger partial charge is 0.319 e. The van der Waals surface area contributed by atoms with Crippen molar-refractivity contribution in [1.82, 2.24) is 9.78 Å². The second-order valence-corrected chi connectivity index (χ2v) is 6.43. The summed E-state index contributed by atoms with van der Waals surface area (Å²) in [5, 5.41) is 7.96. The summed E-state index contributed by atoms with van der Waals surface area (Å²) >= 11 is 18.0. The number of nitrogens with zero attached hydrogens (tertiary/aromatic N) is 2. The highest BCUT2D eigenvalue weighted by Crippen LogP contribution is 2.29. The average molecular weight is 397 g/mol. The number of hydrogen-bond acceptors (Lipinski definition) is 3. The van der Waals surface area contributed by atoms with Crippen molar-refractivity contribution in [3.05, 3.63) is 67.4 Å². The summed E-state index contributed by atoms with van der Waals surface area (Å²) in [4.78, 5) is 25.3. The lowest BCUT2D eigenvalue weighted by atomic mass is 10.2. The minimum atomic E-state index is -0.668. The van der Waals surface area contributed by atoms with E-state index in [2.05, 4.69) is 10.4 Å². The molecule has 0 bridgehead atoms. The van der Waals surface area contributed by atoms with Crippen LogP contribution >= 0.6 is 34.8 Å². The summed E-state index contributed by atoms with van der Waals surface area (Å²) in [5.41, 5.74) is 0.161. The van der Waals surface area contributed by atoms with Crippen molar-refractivity contribution in [3.8, 4) is 0 Å². The molecule has 0 aliphatic carbocycles. The first-order valence-corrected chi connectivity index (χ1v) is 8.51. The number of anilines is 1. The Kier molecular flexibility index (Phi) is 4.99. The molecule has 0 unspecified atom stereocenters. The van der Waals surface area contributed by atoms with E-state index in [0.717, 1.165) is 0 Å². The van der Waals surface area contributed by atoms with Crippen LogP contribution in [-0.4, -0.2) is 15.7 Å². The van der Waals surface area contributed by atoms with Gasteiger partial charge in [0.25, 0.3) is 5.91 Å². The molecule has 8 heteroatoms. The first-order valence-electron chi connectivity index (χ1n) is 7.38.